The average molecular weight is 457 g/mol. The molecule has 1 heterocycles. The van der Waals surface area contributed by atoms with E-state index in [1.54, 1.807) is 12.1 Å². The molecule has 27 heavy (non-hydrogen) atoms. The molecular formula is C18H21BrN2O5S. The van der Waals surface area contributed by atoms with Gasteiger partial charge in [0.25, 0.3) is 5.91 Å². The van der Waals surface area contributed by atoms with Gasteiger partial charge in [-0.2, -0.15) is 0 Å². The monoisotopic (exact) mass is 456 g/mol. The zero-order valence-corrected chi connectivity index (χ0v) is 17.7. The number of hydrogen-bond acceptors (Lipinski definition) is 7. The second-order valence-corrected chi connectivity index (χ2v) is 7.15. The Morgan fingerprint density at radius 2 is 1.85 bits per heavy atom. The van der Waals surface area contributed by atoms with Crippen LogP contribution >= 0.6 is 27.3 Å². The first-order valence-corrected chi connectivity index (χ1v) is 10.1. The number of benzene rings is 1. The Morgan fingerprint density at radius 1 is 1.19 bits per heavy atom. The van der Waals surface area contributed by atoms with Gasteiger partial charge in [-0.1, -0.05) is 15.9 Å². The van der Waals surface area contributed by atoms with Crippen LogP contribution < -0.4 is 14.8 Å². The van der Waals surface area contributed by atoms with Crippen LogP contribution in [0.25, 0.3) is 0 Å². The third-order valence-corrected chi connectivity index (χ3v) is 4.89. The van der Waals surface area contributed by atoms with Crippen LogP contribution in [-0.2, 0) is 20.7 Å². The number of carbonyl (C=O) groups is 2. The number of amides is 1. The van der Waals surface area contributed by atoms with Crippen LogP contribution in [0.2, 0.25) is 0 Å². The molecule has 1 amide bonds. The maximum Gasteiger partial charge on any atom is 0.310 e. The number of rotatable bonds is 9. The molecule has 1 N–H and O–H groups in total. The Balaban J connectivity index is 1.94. The number of carbonyl (C=O) groups excluding carboxylic acids is 2. The standard InChI is InChI=1S/C18H21BrN2O5S/c1-4-24-14-6-12(13(19)8-15(14)25-5-2)7-17(23)26-9-16(22)21-18-20-11(3)10-27-18/h6,8,10H,4-5,7,9H2,1-3H3,(H,20,21,22). The summed E-state index contributed by atoms with van der Waals surface area (Å²) in [6.45, 7) is 6.19. The summed E-state index contributed by atoms with van der Waals surface area (Å²) in [4.78, 5) is 28.1. The van der Waals surface area contributed by atoms with Crippen molar-refractivity contribution in [1.29, 1.82) is 0 Å². The van der Waals surface area contributed by atoms with E-state index in [0.29, 0.717) is 39.9 Å². The quantitative estimate of drug-likeness (QED) is 0.578. The van der Waals surface area contributed by atoms with Crippen molar-refractivity contribution < 1.29 is 23.8 Å². The zero-order valence-electron chi connectivity index (χ0n) is 15.3. The van der Waals surface area contributed by atoms with E-state index < -0.39 is 11.9 Å². The van der Waals surface area contributed by atoms with E-state index in [-0.39, 0.29) is 13.0 Å². The van der Waals surface area contributed by atoms with Crippen molar-refractivity contribution in [3.8, 4) is 11.5 Å². The first kappa shape index (κ1) is 21.2. The molecule has 0 fully saturated rings. The number of ether oxygens (including phenoxy) is 3. The molecule has 0 saturated heterocycles. The Bertz CT molecular complexity index is 809. The van der Waals surface area contributed by atoms with E-state index in [1.165, 1.54) is 11.3 Å². The molecule has 1 aromatic heterocycles. The SMILES string of the molecule is CCOc1cc(Br)c(CC(=O)OCC(=O)Nc2nc(C)cs2)cc1OCC. The molecule has 0 aliphatic rings. The number of aryl methyl sites for hydroxylation is 1. The molecule has 2 aromatic rings. The van der Waals surface area contributed by atoms with Crippen molar-refractivity contribution in [2.24, 2.45) is 0 Å². The predicted octanol–water partition coefficient (Wildman–Crippen LogP) is 3.74. The van der Waals surface area contributed by atoms with Crippen molar-refractivity contribution in [1.82, 2.24) is 4.98 Å². The highest BCUT2D eigenvalue weighted by atomic mass is 79.9. The van der Waals surface area contributed by atoms with Gasteiger partial charge in [-0.15, -0.1) is 11.3 Å². The van der Waals surface area contributed by atoms with E-state index >= 15 is 0 Å². The number of halogens is 1. The Labute approximate surface area is 170 Å². The number of hydrogen-bond donors (Lipinski definition) is 1. The van der Waals surface area contributed by atoms with Gasteiger partial charge in [-0.05, 0) is 38.5 Å². The summed E-state index contributed by atoms with van der Waals surface area (Å²) in [5, 5.41) is 4.88. The van der Waals surface area contributed by atoms with Crippen LogP contribution in [0.15, 0.2) is 22.0 Å². The van der Waals surface area contributed by atoms with Crippen LogP contribution in [0.4, 0.5) is 5.13 Å². The molecule has 0 aliphatic carbocycles. The van der Waals surface area contributed by atoms with Crippen molar-refractivity contribution >= 4 is 44.3 Å². The van der Waals surface area contributed by atoms with Crippen molar-refractivity contribution in [3.05, 3.63) is 33.2 Å². The lowest BCUT2D eigenvalue weighted by atomic mass is 10.1. The van der Waals surface area contributed by atoms with Gasteiger partial charge in [-0.25, -0.2) is 4.98 Å². The summed E-state index contributed by atoms with van der Waals surface area (Å²) < 4.78 is 16.9. The molecule has 0 saturated carbocycles. The highest BCUT2D eigenvalue weighted by Crippen LogP contribution is 2.34. The second-order valence-electron chi connectivity index (χ2n) is 5.44. The maximum atomic E-state index is 12.1. The van der Waals surface area contributed by atoms with Crippen molar-refractivity contribution in [3.63, 3.8) is 0 Å². The molecule has 1 aromatic carbocycles. The number of aromatic nitrogens is 1. The first-order valence-electron chi connectivity index (χ1n) is 8.38. The lowest BCUT2D eigenvalue weighted by Crippen LogP contribution is -2.21. The number of nitrogens with one attached hydrogen (secondary N) is 1. The highest BCUT2D eigenvalue weighted by molar-refractivity contribution is 9.10. The predicted molar refractivity (Wildman–Crippen MR) is 107 cm³/mol. The molecule has 0 radical (unpaired) electrons. The molecule has 0 unspecified atom stereocenters. The fourth-order valence-corrected chi connectivity index (χ4v) is 3.34. The van der Waals surface area contributed by atoms with Crippen LogP contribution in [0.1, 0.15) is 25.1 Å². The molecular weight excluding hydrogens is 436 g/mol. The van der Waals surface area contributed by atoms with Crippen LogP contribution in [0, 0.1) is 6.92 Å². The first-order chi connectivity index (χ1) is 12.9. The fraction of sp³-hybridized carbons (Fsp3) is 0.389. The van der Waals surface area contributed by atoms with Gasteiger partial charge in [0.15, 0.2) is 23.2 Å². The molecule has 7 nitrogen and oxygen atoms in total. The van der Waals surface area contributed by atoms with Crippen molar-refractivity contribution in [2.75, 3.05) is 25.1 Å². The van der Waals surface area contributed by atoms with Crippen molar-refractivity contribution in [2.45, 2.75) is 27.2 Å². The maximum absolute atomic E-state index is 12.1. The molecule has 0 aliphatic heterocycles. The van der Waals surface area contributed by atoms with E-state index in [2.05, 4.69) is 26.2 Å². The fourth-order valence-electron chi connectivity index (χ4n) is 2.17. The molecule has 146 valence electrons. The van der Waals surface area contributed by atoms with Crippen LogP contribution in [0.5, 0.6) is 11.5 Å². The molecule has 0 atom stereocenters. The Hall–Kier alpha value is -2.13. The molecule has 9 heteroatoms. The lowest BCUT2D eigenvalue weighted by molar-refractivity contribution is -0.146. The second kappa shape index (κ2) is 10.3. The van der Waals surface area contributed by atoms with Gasteiger partial charge in [0.2, 0.25) is 0 Å². The smallest absolute Gasteiger partial charge is 0.310 e. The Morgan fingerprint density at radius 3 is 2.44 bits per heavy atom. The summed E-state index contributed by atoms with van der Waals surface area (Å²) in [5.41, 5.74) is 1.50. The van der Waals surface area contributed by atoms with E-state index in [4.69, 9.17) is 14.2 Å². The minimum absolute atomic E-state index is 0.00327. The zero-order chi connectivity index (χ0) is 19.8. The summed E-state index contributed by atoms with van der Waals surface area (Å²) in [6, 6.07) is 3.49. The minimum atomic E-state index is -0.521. The Kier molecular flexibility index (Phi) is 8.05. The molecule has 0 bridgehead atoms. The summed E-state index contributed by atoms with van der Waals surface area (Å²) in [5.74, 6) is 0.204. The normalized spacial score (nSPS) is 10.4. The number of anilines is 1. The van der Waals surface area contributed by atoms with Gasteiger partial charge in [-0.3, -0.25) is 14.9 Å². The molecule has 0 spiro atoms. The van der Waals surface area contributed by atoms with Crippen LogP contribution in [-0.4, -0.2) is 36.7 Å². The number of esters is 1. The number of nitrogens with zero attached hydrogens (tertiary/aromatic N) is 1. The summed E-state index contributed by atoms with van der Waals surface area (Å²) in [7, 11) is 0. The highest BCUT2D eigenvalue weighted by Gasteiger charge is 2.15. The van der Waals surface area contributed by atoms with E-state index in [1.807, 2.05) is 26.2 Å². The molecule has 2 rings (SSSR count). The van der Waals surface area contributed by atoms with Gasteiger partial charge < -0.3 is 14.2 Å². The topological polar surface area (TPSA) is 86.8 Å². The minimum Gasteiger partial charge on any atom is -0.490 e. The number of thiazole rings is 1. The van der Waals surface area contributed by atoms with Crippen LogP contribution in [0.3, 0.4) is 0 Å². The van der Waals surface area contributed by atoms with E-state index in [0.717, 1.165) is 5.69 Å². The summed E-state index contributed by atoms with van der Waals surface area (Å²) >= 11 is 4.74. The average Bonchev–Trinajstić information content (AvgIpc) is 3.02. The van der Waals surface area contributed by atoms with Gasteiger partial charge >= 0.3 is 5.97 Å². The third-order valence-electron chi connectivity index (χ3n) is 3.28. The van der Waals surface area contributed by atoms with Gasteiger partial charge in [0.1, 0.15) is 0 Å². The largest absolute Gasteiger partial charge is 0.490 e. The summed E-state index contributed by atoms with van der Waals surface area (Å²) in [6.07, 6.45) is -0.00327. The third kappa shape index (κ3) is 6.51. The van der Waals surface area contributed by atoms with E-state index in [9.17, 15) is 9.59 Å². The lowest BCUT2D eigenvalue weighted by Gasteiger charge is -2.14. The van der Waals surface area contributed by atoms with Gasteiger partial charge in [0.05, 0.1) is 25.3 Å². The van der Waals surface area contributed by atoms with Gasteiger partial charge in [0, 0.05) is 9.85 Å².